The van der Waals surface area contributed by atoms with Gasteiger partial charge < -0.3 is 15.0 Å². The Morgan fingerprint density at radius 1 is 1.27 bits per heavy atom. The van der Waals surface area contributed by atoms with Gasteiger partial charge in [0.15, 0.2) is 0 Å². The van der Waals surface area contributed by atoms with E-state index in [0.717, 1.165) is 18.7 Å². The molecule has 0 aliphatic carbocycles. The first-order chi connectivity index (χ1) is 12.1. The van der Waals surface area contributed by atoms with Crippen LogP contribution in [0.15, 0.2) is 35.1 Å². The zero-order chi connectivity index (χ0) is 19.6. The molecule has 2 rings (SSSR count). The van der Waals surface area contributed by atoms with Crippen molar-refractivity contribution in [1.82, 2.24) is 4.57 Å². The second-order valence-electron chi connectivity index (χ2n) is 5.98. The number of nitrogens with two attached hydrogens (primary N) is 1. The standard InChI is InChI=1S/C18H19F3N2O3/c1-10-8-14(18(19,20)21)23(2)16(24)15(10)12-6-4-11(5-7-12)9-13(22)17(25)26-3/h4-8,13H,9,22H2,1-3H3. The van der Waals surface area contributed by atoms with Crippen LogP contribution in [0.5, 0.6) is 0 Å². The number of pyridine rings is 1. The maximum atomic E-state index is 13.0. The molecule has 0 aliphatic rings. The van der Waals surface area contributed by atoms with Crippen molar-refractivity contribution in [3.63, 3.8) is 0 Å². The van der Waals surface area contributed by atoms with Gasteiger partial charge in [0, 0.05) is 7.05 Å². The zero-order valence-electron chi connectivity index (χ0n) is 14.6. The third-order valence-electron chi connectivity index (χ3n) is 4.12. The van der Waals surface area contributed by atoms with Gasteiger partial charge in [0.1, 0.15) is 11.7 Å². The van der Waals surface area contributed by atoms with Gasteiger partial charge in [-0.3, -0.25) is 9.59 Å². The van der Waals surface area contributed by atoms with Crippen molar-refractivity contribution in [2.75, 3.05) is 7.11 Å². The fraction of sp³-hybridized carbons (Fsp3) is 0.333. The van der Waals surface area contributed by atoms with E-state index in [4.69, 9.17) is 5.73 Å². The van der Waals surface area contributed by atoms with E-state index in [1.54, 1.807) is 24.3 Å². The molecule has 0 aliphatic heterocycles. The van der Waals surface area contributed by atoms with Crippen LogP contribution in [0.2, 0.25) is 0 Å². The second-order valence-corrected chi connectivity index (χ2v) is 5.98. The van der Waals surface area contributed by atoms with Crippen molar-refractivity contribution in [2.45, 2.75) is 25.6 Å². The highest BCUT2D eigenvalue weighted by Crippen LogP contribution is 2.31. The molecule has 1 unspecified atom stereocenters. The Morgan fingerprint density at radius 2 is 1.85 bits per heavy atom. The molecule has 2 aromatic rings. The van der Waals surface area contributed by atoms with Gasteiger partial charge in [-0.1, -0.05) is 24.3 Å². The molecule has 0 saturated carbocycles. The third-order valence-corrected chi connectivity index (χ3v) is 4.12. The number of nitrogens with zero attached hydrogens (tertiary/aromatic N) is 1. The Morgan fingerprint density at radius 3 is 2.35 bits per heavy atom. The van der Waals surface area contributed by atoms with Gasteiger partial charge in [-0.15, -0.1) is 0 Å². The van der Waals surface area contributed by atoms with Crippen molar-refractivity contribution < 1.29 is 22.7 Å². The van der Waals surface area contributed by atoms with E-state index in [0.29, 0.717) is 10.1 Å². The molecule has 1 aromatic carbocycles. The summed E-state index contributed by atoms with van der Waals surface area (Å²) in [4.78, 5) is 23.8. The van der Waals surface area contributed by atoms with Crippen molar-refractivity contribution in [2.24, 2.45) is 12.8 Å². The largest absolute Gasteiger partial charge is 0.468 e. The van der Waals surface area contributed by atoms with Gasteiger partial charge in [0.05, 0.1) is 12.7 Å². The van der Waals surface area contributed by atoms with Crippen LogP contribution < -0.4 is 11.3 Å². The number of aromatic nitrogens is 1. The molecular weight excluding hydrogens is 349 g/mol. The summed E-state index contributed by atoms with van der Waals surface area (Å²) in [6.07, 6.45) is -4.36. The number of esters is 1. The molecule has 1 heterocycles. The Hall–Kier alpha value is -2.61. The number of rotatable bonds is 4. The highest BCUT2D eigenvalue weighted by atomic mass is 19.4. The van der Waals surface area contributed by atoms with Crippen LogP contribution in [0, 0.1) is 6.92 Å². The normalized spacial score (nSPS) is 12.7. The predicted octanol–water partition coefficient (Wildman–Crippen LogP) is 2.42. The minimum atomic E-state index is -4.61. The van der Waals surface area contributed by atoms with E-state index in [-0.39, 0.29) is 17.5 Å². The average Bonchev–Trinajstić information content (AvgIpc) is 2.57. The van der Waals surface area contributed by atoms with E-state index < -0.39 is 29.4 Å². The zero-order valence-corrected chi connectivity index (χ0v) is 14.6. The van der Waals surface area contributed by atoms with Crippen LogP contribution in [0.1, 0.15) is 16.8 Å². The third kappa shape index (κ3) is 3.96. The van der Waals surface area contributed by atoms with Crippen LogP contribution in [-0.2, 0) is 29.2 Å². The number of aryl methyl sites for hydroxylation is 1. The van der Waals surface area contributed by atoms with E-state index in [1.807, 2.05) is 0 Å². The lowest BCUT2D eigenvalue weighted by atomic mass is 9.98. The summed E-state index contributed by atoms with van der Waals surface area (Å²) in [6.45, 7) is 1.47. The van der Waals surface area contributed by atoms with Crippen LogP contribution >= 0.6 is 0 Å². The molecule has 0 bridgehead atoms. The number of carbonyl (C=O) groups excluding carboxylic acids is 1. The molecule has 5 nitrogen and oxygen atoms in total. The first-order valence-electron chi connectivity index (χ1n) is 7.76. The maximum absolute atomic E-state index is 13.0. The fourth-order valence-corrected chi connectivity index (χ4v) is 2.74. The second kappa shape index (κ2) is 7.33. The van der Waals surface area contributed by atoms with Gasteiger partial charge in [-0.25, -0.2) is 0 Å². The Balaban J connectivity index is 2.40. The van der Waals surface area contributed by atoms with E-state index >= 15 is 0 Å². The number of hydrogen-bond acceptors (Lipinski definition) is 4. The summed E-state index contributed by atoms with van der Waals surface area (Å²) >= 11 is 0. The molecule has 1 atom stereocenters. The number of alkyl halides is 3. The molecule has 2 N–H and O–H groups in total. The minimum Gasteiger partial charge on any atom is -0.468 e. The van der Waals surface area contributed by atoms with Gasteiger partial charge in [0.2, 0.25) is 0 Å². The summed E-state index contributed by atoms with van der Waals surface area (Å²) in [7, 11) is 2.34. The number of carbonyl (C=O) groups is 1. The number of halogens is 3. The summed E-state index contributed by atoms with van der Waals surface area (Å²) in [5, 5.41) is 0. The van der Waals surface area contributed by atoms with E-state index in [2.05, 4.69) is 4.74 Å². The SMILES string of the molecule is COC(=O)C(N)Cc1ccc(-c2c(C)cc(C(F)(F)F)n(C)c2=O)cc1. The quantitative estimate of drug-likeness (QED) is 0.841. The van der Waals surface area contributed by atoms with Crippen LogP contribution in [0.4, 0.5) is 13.2 Å². The molecule has 0 spiro atoms. The molecule has 0 radical (unpaired) electrons. The number of methoxy groups -OCH3 is 1. The highest BCUT2D eigenvalue weighted by molar-refractivity contribution is 5.75. The summed E-state index contributed by atoms with van der Waals surface area (Å²) < 4.78 is 44.2. The molecule has 0 amide bonds. The Labute approximate surface area is 148 Å². The lowest BCUT2D eigenvalue weighted by Crippen LogP contribution is -2.33. The molecule has 8 heteroatoms. The van der Waals surface area contributed by atoms with Crippen molar-refractivity contribution >= 4 is 5.97 Å². The van der Waals surface area contributed by atoms with Crippen LogP contribution in [0.3, 0.4) is 0 Å². The minimum absolute atomic E-state index is 0.198. The molecule has 140 valence electrons. The van der Waals surface area contributed by atoms with Crippen molar-refractivity contribution in [3.05, 3.63) is 57.5 Å². The maximum Gasteiger partial charge on any atom is 0.431 e. The molecule has 0 fully saturated rings. The lowest BCUT2D eigenvalue weighted by molar-refractivity contribution is -0.144. The summed E-state index contributed by atoms with van der Waals surface area (Å²) in [5.41, 5.74) is 5.65. The number of ether oxygens (including phenoxy) is 1. The lowest BCUT2D eigenvalue weighted by Gasteiger charge is -2.16. The Bertz CT molecular complexity index is 871. The first-order valence-corrected chi connectivity index (χ1v) is 7.76. The number of benzene rings is 1. The molecular formula is C18H19F3N2O3. The summed E-state index contributed by atoms with van der Waals surface area (Å²) in [6, 6.07) is 6.74. The summed E-state index contributed by atoms with van der Waals surface area (Å²) in [5.74, 6) is -0.540. The van der Waals surface area contributed by atoms with Crippen molar-refractivity contribution in [1.29, 1.82) is 0 Å². The molecule has 26 heavy (non-hydrogen) atoms. The van der Waals surface area contributed by atoms with Crippen LogP contribution in [-0.4, -0.2) is 23.7 Å². The topological polar surface area (TPSA) is 74.3 Å². The van der Waals surface area contributed by atoms with Gasteiger partial charge in [-0.2, -0.15) is 13.2 Å². The average molecular weight is 368 g/mol. The predicted molar refractivity (Wildman–Crippen MR) is 90.6 cm³/mol. The van der Waals surface area contributed by atoms with Crippen molar-refractivity contribution in [3.8, 4) is 11.1 Å². The number of hydrogen-bond donors (Lipinski definition) is 1. The smallest absolute Gasteiger partial charge is 0.431 e. The van der Waals surface area contributed by atoms with Gasteiger partial charge >= 0.3 is 12.1 Å². The van der Waals surface area contributed by atoms with Gasteiger partial charge in [-0.05, 0) is 36.1 Å². The molecule has 0 saturated heterocycles. The molecule has 1 aromatic heterocycles. The van der Waals surface area contributed by atoms with E-state index in [9.17, 15) is 22.8 Å². The monoisotopic (exact) mass is 368 g/mol. The van der Waals surface area contributed by atoms with Crippen LogP contribution in [0.25, 0.3) is 11.1 Å². The Kier molecular flexibility index (Phi) is 5.56. The fourth-order valence-electron chi connectivity index (χ4n) is 2.74. The highest BCUT2D eigenvalue weighted by Gasteiger charge is 2.34. The van der Waals surface area contributed by atoms with E-state index in [1.165, 1.54) is 14.0 Å². The van der Waals surface area contributed by atoms with Gasteiger partial charge in [0.25, 0.3) is 5.56 Å². The first kappa shape index (κ1) is 19.7.